The Morgan fingerprint density at radius 1 is 1.35 bits per heavy atom. The molecule has 5 nitrogen and oxygen atoms in total. The molecule has 102 valence electrons. The van der Waals surface area contributed by atoms with E-state index in [1.807, 2.05) is 23.6 Å². The summed E-state index contributed by atoms with van der Waals surface area (Å²) in [6.07, 6.45) is 0.230. The van der Waals surface area contributed by atoms with E-state index in [0.717, 1.165) is 9.75 Å². The van der Waals surface area contributed by atoms with Gasteiger partial charge in [0.25, 0.3) is 5.89 Å². The van der Waals surface area contributed by atoms with Crippen LogP contribution in [0.2, 0.25) is 4.34 Å². The molecule has 0 bridgehead atoms. The summed E-state index contributed by atoms with van der Waals surface area (Å²) in [5, 5.41) is 12.2. The van der Waals surface area contributed by atoms with Gasteiger partial charge in [0, 0.05) is 4.88 Å². The van der Waals surface area contributed by atoms with Gasteiger partial charge in [-0.1, -0.05) is 22.8 Å². The lowest BCUT2D eigenvalue weighted by Gasteiger charge is -1.97. The summed E-state index contributed by atoms with van der Waals surface area (Å²) in [4.78, 5) is 13.6. The first-order valence-corrected chi connectivity index (χ1v) is 7.69. The molecule has 3 rings (SSSR count). The number of carbonyl (C=O) groups is 1. The van der Waals surface area contributed by atoms with Crippen molar-refractivity contribution in [1.29, 1.82) is 0 Å². The molecular weight excluding hydrogens is 318 g/mol. The van der Waals surface area contributed by atoms with Crippen LogP contribution >= 0.6 is 34.3 Å². The second kappa shape index (κ2) is 5.74. The summed E-state index contributed by atoms with van der Waals surface area (Å²) in [7, 11) is 0. The minimum absolute atomic E-state index is 0.0982. The molecule has 3 aromatic rings. The Kier molecular flexibility index (Phi) is 3.81. The van der Waals surface area contributed by atoms with Crippen molar-refractivity contribution in [2.24, 2.45) is 0 Å². The van der Waals surface area contributed by atoms with Crippen LogP contribution in [0, 0.1) is 0 Å². The third-order valence-corrected chi connectivity index (χ3v) is 4.46. The van der Waals surface area contributed by atoms with E-state index in [1.165, 1.54) is 22.7 Å². The fourth-order valence-corrected chi connectivity index (χ4v) is 3.27. The van der Waals surface area contributed by atoms with Crippen molar-refractivity contribution in [2.75, 3.05) is 5.32 Å². The first-order chi connectivity index (χ1) is 9.70. The number of amides is 1. The van der Waals surface area contributed by atoms with Gasteiger partial charge in [0.2, 0.25) is 5.91 Å². The number of nitrogens with one attached hydrogen (secondary N) is 1. The van der Waals surface area contributed by atoms with E-state index in [-0.39, 0.29) is 18.3 Å². The van der Waals surface area contributed by atoms with Gasteiger partial charge in [-0.05, 0) is 23.6 Å². The predicted molar refractivity (Wildman–Crippen MR) is 79.3 cm³/mol. The van der Waals surface area contributed by atoms with Crippen molar-refractivity contribution in [3.63, 3.8) is 0 Å². The molecule has 0 radical (unpaired) electrons. The summed E-state index contributed by atoms with van der Waals surface area (Å²) in [6, 6.07) is 7.44. The molecule has 0 spiro atoms. The molecule has 3 heterocycles. The van der Waals surface area contributed by atoms with E-state index in [1.54, 1.807) is 6.07 Å². The van der Waals surface area contributed by atoms with Crippen LogP contribution in [0.5, 0.6) is 0 Å². The second-order valence-corrected chi connectivity index (χ2v) is 6.57. The van der Waals surface area contributed by atoms with Gasteiger partial charge >= 0.3 is 6.01 Å². The first kappa shape index (κ1) is 13.3. The maximum absolute atomic E-state index is 11.8. The summed E-state index contributed by atoms with van der Waals surface area (Å²) < 4.78 is 6.03. The summed E-state index contributed by atoms with van der Waals surface area (Å²) >= 11 is 8.67. The predicted octanol–water partition coefficient (Wildman–Crippen LogP) is 3.69. The minimum Gasteiger partial charge on any atom is -0.402 e. The smallest absolute Gasteiger partial charge is 0.322 e. The standard InChI is InChI=1S/C12H8ClN3O2S2/c13-9-4-3-7(20-9)6-10(17)14-12-16-15-11(18-12)8-2-1-5-19-8/h1-5H,6H2,(H,14,16,17). The molecule has 1 amide bonds. The Hall–Kier alpha value is -1.70. The van der Waals surface area contributed by atoms with Gasteiger partial charge < -0.3 is 4.42 Å². The number of thiophene rings is 2. The van der Waals surface area contributed by atoms with E-state index in [9.17, 15) is 4.79 Å². The van der Waals surface area contributed by atoms with E-state index in [4.69, 9.17) is 16.0 Å². The number of anilines is 1. The molecule has 20 heavy (non-hydrogen) atoms. The maximum atomic E-state index is 11.8. The largest absolute Gasteiger partial charge is 0.402 e. The molecule has 0 aromatic carbocycles. The molecular formula is C12H8ClN3O2S2. The Bertz CT molecular complexity index is 721. The third kappa shape index (κ3) is 3.06. The molecule has 0 saturated heterocycles. The van der Waals surface area contributed by atoms with Gasteiger partial charge in [0.1, 0.15) is 0 Å². The minimum atomic E-state index is -0.218. The molecule has 1 N–H and O–H groups in total. The van der Waals surface area contributed by atoms with Crippen molar-refractivity contribution in [3.8, 4) is 10.8 Å². The Morgan fingerprint density at radius 3 is 2.95 bits per heavy atom. The van der Waals surface area contributed by atoms with Gasteiger partial charge in [-0.2, -0.15) is 0 Å². The Balaban J connectivity index is 1.64. The highest BCUT2D eigenvalue weighted by Gasteiger charge is 2.12. The van der Waals surface area contributed by atoms with E-state index in [2.05, 4.69) is 15.5 Å². The van der Waals surface area contributed by atoms with Crippen LogP contribution in [0.3, 0.4) is 0 Å². The number of halogens is 1. The van der Waals surface area contributed by atoms with Crippen LogP contribution < -0.4 is 5.32 Å². The van der Waals surface area contributed by atoms with Crippen LogP contribution in [-0.2, 0) is 11.2 Å². The number of rotatable bonds is 4. The highest BCUT2D eigenvalue weighted by Crippen LogP contribution is 2.25. The van der Waals surface area contributed by atoms with Gasteiger partial charge in [0.15, 0.2) is 0 Å². The number of hydrogen-bond donors (Lipinski definition) is 1. The fraction of sp³-hybridized carbons (Fsp3) is 0.0833. The number of hydrogen-bond acceptors (Lipinski definition) is 6. The zero-order valence-corrected chi connectivity index (χ0v) is 12.4. The van der Waals surface area contributed by atoms with Crippen LogP contribution in [0.1, 0.15) is 4.88 Å². The van der Waals surface area contributed by atoms with Crippen LogP contribution in [0.15, 0.2) is 34.1 Å². The monoisotopic (exact) mass is 325 g/mol. The highest BCUT2D eigenvalue weighted by molar-refractivity contribution is 7.16. The lowest BCUT2D eigenvalue weighted by molar-refractivity contribution is -0.115. The normalized spacial score (nSPS) is 10.7. The third-order valence-electron chi connectivity index (χ3n) is 2.37. The van der Waals surface area contributed by atoms with Gasteiger partial charge in [-0.25, -0.2) is 0 Å². The fourth-order valence-electron chi connectivity index (χ4n) is 1.54. The summed E-state index contributed by atoms with van der Waals surface area (Å²) in [5.74, 6) is 0.180. The second-order valence-electron chi connectivity index (χ2n) is 3.82. The summed E-state index contributed by atoms with van der Waals surface area (Å²) in [5.41, 5.74) is 0. The topological polar surface area (TPSA) is 68.0 Å². The van der Waals surface area contributed by atoms with Crippen molar-refractivity contribution in [3.05, 3.63) is 38.9 Å². The van der Waals surface area contributed by atoms with Crippen LogP contribution in [-0.4, -0.2) is 16.1 Å². The lowest BCUT2D eigenvalue weighted by Crippen LogP contribution is -2.13. The maximum Gasteiger partial charge on any atom is 0.322 e. The molecule has 0 aliphatic heterocycles. The molecule has 0 aliphatic carbocycles. The number of aromatic nitrogens is 2. The SMILES string of the molecule is O=C(Cc1ccc(Cl)s1)Nc1nnc(-c2cccs2)o1. The van der Waals surface area contributed by atoms with E-state index < -0.39 is 0 Å². The van der Waals surface area contributed by atoms with E-state index >= 15 is 0 Å². The van der Waals surface area contributed by atoms with Crippen molar-refractivity contribution in [2.45, 2.75) is 6.42 Å². The quantitative estimate of drug-likeness (QED) is 0.794. The molecule has 0 fully saturated rings. The Morgan fingerprint density at radius 2 is 2.25 bits per heavy atom. The lowest BCUT2D eigenvalue weighted by atomic mass is 10.3. The molecule has 8 heteroatoms. The zero-order valence-electron chi connectivity index (χ0n) is 10.00. The zero-order chi connectivity index (χ0) is 13.9. The molecule has 0 atom stereocenters. The van der Waals surface area contributed by atoms with Crippen molar-refractivity contribution in [1.82, 2.24) is 10.2 Å². The highest BCUT2D eigenvalue weighted by atomic mass is 35.5. The molecule has 0 saturated carbocycles. The summed E-state index contributed by atoms with van der Waals surface area (Å²) in [6.45, 7) is 0. The molecule has 3 aromatic heterocycles. The van der Waals surface area contributed by atoms with E-state index in [0.29, 0.717) is 10.2 Å². The number of nitrogens with zero attached hydrogens (tertiary/aromatic N) is 2. The Labute approximate surface area is 127 Å². The molecule has 0 unspecified atom stereocenters. The first-order valence-electron chi connectivity index (χ1n) is 5.62. The van der Waals surface area contributed by atoms with Crippen LogP contribution in [0.25, 0.3) is 10.8 Å². The van der Waals surface area contributed by atoms with Gasteiger partial charge in [0.05, 0.1) is 15.6 Å². The van der Waals surface area contributed by atoms with Crippen molar-refractivity contribution >= 4 is 46.2 Å². The average molecular weight is 326 g/mol. The van der Waals surface area contributed by atoms with Crippen molar-refractivity contribution < 1.29 is 9.21 Å². The van der Waals surface area contributed by atoms with Gasteiger partial charge in [-0.3, -0.25) is 10.1 Å². The molecule has 0 aliphatic rings. The van der Waals surface area contributed by atoms with Crippen LogP contribution in [0.4, 0.5) is 6.01 Å². The average Bonchev–Trinajstić information content (AvgIpc) is 3.10. The number of carbonyl (C=O) groups excluding carboxylic acids is 1. The van der Waals surface area contributed by atoms with Gasteiger partial charge in [-0.15, -0.1) is 27.8 Å².